The quantitative estimate of drug-likeness (QED) is 0.637. The fourth-order valence-electron chi connectivity index (χ4n) is 3.85. The Bertz CT molecular complexity index is 1320. The molecule has 2 aliphatic rings. The molecule has 4 heterocycles. The number of nitrogens with two attached hydrogens (primary N) is 1. The van der Waals surface area contributed by atoms with E-state index in [2.05, 4.69) is 19.3 Å². The Morgan fingerprint density at radius 2 is 2.09 bits per heavy atom. The van der Waals surface area contributed by atoms with Crippen LogP contribution in [-0.4, -0.2) is 55.5 Å². The summed E-state index contributed by atoms with van der Waals surface area (Å²) in [4.78, 5) is 24.4. The molecule has 0 radical (unpaired) electrons. The van der Waals surface area contributed by atoms with Crippen LogP contribution in [0.15, 0.2) is 39.8 Å². The topological polar surface area (TPSA) is 138 Å². The van der Waals surface area contributed by atoms with Crippen LogP contribution >= 0.6 is 0 Å². The average molecular weight is 491 g/mol. The number of fused-ring (bicyclic) bond motifs is 1. The van der Waals surface area contributed by atoms with Crippen LogP contribution in [0, 0.1) is 17.1 Å². The van der Waals surface area contributed by atoms with E-state index in [1.807, 2.05) is 6.07 Å². The van der Waals surface area contributed by atoms with Gasteiger partial charge < -0.3 is 5.73 Å². The predicted octanol–water partition coefficient (Wildman–Crippen LogP) is 2.18. The van der Waals surface area contributed by atoms with Gasteiger partial charge in [0.25, 0.3) is 6.43 Å². The summed E-state index contributed by atoms with van der Waals surface area (Å²) in [5, 5.41) is 8.85. The smallest absolute Gasteiger partial charge is 0.270 e. The number of Topliss-reactive ketones (excluding diaryl/α,β-unsaturated/α-hetero) is 1. The molecule has 13 heteroatoms. The van der Waals surface area contributed by atoms with Gasteiger partial charge in [0.15, 0.2) is 11.3 Å². The van der Waals surface area contributed by atoms with Crippen molar-refractivity contribution in [3.05, 3.63) is 58.9 Å². The Hall–Kier alpha value is -3.53. The number of aromatic nitrogens is 2. The normalized spacial score (nSPS) is 24.4. The minimum atomic E-state index is -3.41. The van der Waals surface area contributed by atoms with Gasteiger partial charge in [0, 0.05) is 18.4 Å². The van der Waals surface area contributed by atoms with Crippen molar-refractivity contribution in [1.82, 2.24) is 14.3 Å². The number of nitriles is 1. The molecular formula is C21H20F3N7O2S. The Morgan fingerprint density at radius 3 is 2.76 bits per heavy atom. The van der Waals surface area contributed by atoms with E-state index < -0.39 is 50.9 Å². The lowest BCUT2D eigenvalue weighted by Crippen LogP contribution is -2.55. The van der Waals surface area contributed by atoms with Crippen LogP contribution < -0.4 is 5.73 Å². The van der Waals surface area contributed by atoms with E-state index >= 15 is 0 Å². The van der Waals surface area contributed by atoms with Gasteiger partial charge in [0.2, 0.25) is 5.96 Å². The summed E-state index contributed by atoms with van der Waals surface area (Å²) in [6, 6.07) is 6.75. The summed E-state index contributed by atoms with van der Waals surface area (Å²) < 4.78 is 62.8. The molecule has 34 heavy (non-hydrogen) atoms. The zero-order valence-corrected chi connectivity index (χ0v) is 18.6. The molecule has 4 rings (SSSR count). The maximum Gasteiger partial charge on any atom is 0.270 e. The number of hydrogen-bond acceptors (Lipinski definition) is 8. The maximum atomic E-state index is 14.9. The molecule has 0 fully saturated rings. The average Bonchev–Trinajstić information content (AvgIpc) is 3.01. The minimum absolute atomic E-state index is 0.00320. The molecule has 1 unspecified atom stereocenters. The van der Waals surface area contributed by atoms with E-state index in [1.165, 1.54) is 28.7 Å². The number of aliphatic imine (C=N–C) groups is 1. The summed E-state index contributed by atoms with van der Waals surface area (Å²) in [5.41, 5.74) is 2.85. The lowest BCUT2D eigenvalue weighted by molar-refractivity contribution is 0.0590. The van der Waals surface area contributed by atoms with Crippen molar-refractivity contribution in [3.63, 3.8) is 0 Å². The summed E-state index contributed by atoms with van der Waals surface area (Å²) in [7, 11) is -3.41. The van der Waals surface area contributed by atoms with Gasteiger partial charge >= 0.3 is 0 Å². The fraction of sp³-hybridized carbons (Fsp3) is 0.381. The molecule has 178 valence electrons. The molecule has 0 aliphatic carbocycles. The van der Waals surface area contributed by atoms with Gasteiger partial charge in [-0.2, -0.15) is 5.26 Å². The molecule has 2 N–H and O–H groups in total. The Kier molecular flexibility index (Phi) is 6.26. The van der Waals surface area contributed by atoms with Crippen LogP contribution in [0.2, 0.25) is 0 Å². The maximum absolute atomic E-state index is 14.9. The monoisotopic (exact) mass is 491 g/mol. The molecule has 0 saturated heterocycles. The number of ketones is 1. The van der Waals surface area contributed by atoms with Crippen molar-refractivity contribution >= 4 is 21.7 Å². The third-order valence-corrected chi connectivity index (χ3v) is 8.04. The number of hydrogen-bond donors (Lipinski definition) is 1. The van der Waals surface area contributed by atoms with Crippen LogP contribution in [0.1, 0.15) is 40.3 Å². The molecule has 2 aromatic rings. The van der Waals surface area contributed by atoms with E-state index in [1.54, 1.807) is 0 Å². The number of nitrogens with zero attached hydrogens (tertiary/aromatic N) is 6. The first kappa shape index (κ1) is 23.6. The van der Waals surface area contributed by atoms with Crippen molar-refractivity contribution in [3.8, 4) is 6.07 Å². The lowest BCUT2D eigenvalue weighted by Gasteiger charge is -2.39. The third kappa shape index (κ3) is 4.21. The largest absolute Gasteiger partial charge is 0.369 e. The first-order valence-corrected chi connectivity index (χ1v) is 12.0. The molecule has 2 aliphatic heterocycles. The second kappa shape index (κ2) is 9.02. The van der Waals surface area contributed by atoms with Gasteiger partial charge in [-0.25, -0.2) is 26.7 Å². The summed E-state index contributed by atoms with van der Waals surface area (Å²) in [5.74, 6) is -2.79. The zero-order valence-electron chi connectivity index (χ0n) is 17.8. The van der Waals surface area contributed by atoms with Gasteiger partial charge in [-0.05, 0) is 37.1 Å². The van der Waals surface area contributed by atoms with Crippen LogP contribution in [0.4, 0.5) is 13.2 Å². The molecule has 0 saturated carbocycles. The number of carbonyl (C=O) groups excluding carboxylic acids is 1. The van der Waals surface area contributed by atoms with Crippen molar-refractivity contribution in [1.29, 1.82) is 5.26 Å². The summed E-state index contributed by atoms with van der Waals surface area (Å²) in [6.45, 7) is 0.434. The molecule has 0 aromatic carbocycles. The third-order valence-electron chi connectivity index (χ3n) is 5.58. The summed E-state index contributed by atoms with van der Waals surface area (Å²) in [6.07, 6.45) is -1.22. The van der Waals surface area contributed by atoms with Crippen LogP contribution in [0.5, 0.6) is 0 Å². The van der Waals surface area contributed by atoms with E-state index in [9.17, 15) is 22.2 Å². The second-order valence-corrected chi connectivity index (χ2v) is 10.1. The van der Waals surface area contributed by atoms with Crippen molar-refractivity contribution in [2.45, 2.75) is 31.2 Å². The number of guanidine groups is 1. The summed E-state index contributed by atoms with van der Waals surface area (Å²) >= 11 is 0. The van der Waals surface area contributed by atoms with E-state index in [0.717, 1.165) is 6.07 Å². The van der Waals surface area contributed by atoms with Crippen LogP contribution in [0.25, 0.3) is 0 Å². The van der Waals surface area contributed by atoms with E-state index in [0.29, 0.717) is 12.8 Å². The SMILES string of the molecule is N#Cc1ccc(C(=O)Cc2ccc(F)c([C@]3(C(F)F)CS4(=O)=NCCCCN4C(N)=N3)n2)nc1. The number of rotatable bonds is 5. The molecule has 2 aromatic heterocycles. The molecular weight excluding hydrogens is 471 g/mol. The van der Waals surface area contributed by atoms with Gasteiger partial charge in [-0.3, -0.25) is 19.1 Å². The first-order valence-electron chi connectivity index (χ1n) is 10.4. The number of alkyl halides is 2. The molecule has 2 atom stereocenters. The first-order chi connectivity index (χ1) is 16.2. The van der Waals surface area contributed by atoms with E-state index in [-0.39, 0.29) is 36.5 Å². The van der Waals surface area contributed by atoms with Crippen molar-refractivity contribution < 1.29 is 22.2 Å². The number of halogens is 3. The molecule has 0 spiro atoms. The Morgan fingerprint density at radius 1 is 1.29 bits per heavy atom. The highest BCUT2D eigenvalue weighted by Gasteiger charge is 2.53. The molecule has 9 nitrogen and oxygen atoms in total. The van der Waals surface area contributed by atoms with Gasteiger partial charge in [-0.15, -0.1) is 0 Å². The molecule has 0 amide bonds. The van der Waals surface area contributed by atoms with Crippen LogP contribution in [-0.2, 0) is 21.9 Å². The van der Waals surface area contributed by atoms with Gasteiger partial charge in [0.1, 0.15) is 33.2 Å². The van der Waals surface area contributed by atoms with Crippen molar-refractivity contribution in [2.24, 2.45) is 15.1 Å². The molecule has 0 bridgehead atoms. The number of carbonyl (C=O) groups is 1. The fourth-order valence-corrected chi connectivity index (χ4v) is 6.30. The number of pyridine rings is 2. The highest BCUT2D eigenvalue weighted by Crippen LogP contribution is 2.39. The van der Waals surface area contributed by atoms with Crippen LogP contribution in [0.3, 0.4) is 0 Å². The van der Waals surface area contributed by atoms with Gasteiger partial charge in [0.05, 0.1) is 24.3 Å². The highest BCUT2D eigenvalue weighted by atomic mass is 32.2. The Labute approximate surface area is 193 Å². The van der Waals surface area contributed by atoms with Gasteiger partial charge in [-0.1, -0.05) is 0 Å². The standard InChI is InChI=1S/C21H20F3N7O2S/c22-15-5-4-14(9-17(32)16-6-3-13(10-25)11-27-16)29-18(15)21(19(23)24)12-34(33)28-7-1-2-8-31(34)20(26)30-21/h3-6,11,19H,1-2,7-9,12H2,(H2,26,30)/t21-,34?/m0/s1. The predicted molar refractivity (Wildman–Crippen MR) is 117 cm³/mol. The Balaban J connectivity index is 1.75. The second-order valence-electron chi connectivity index (χ2n) is 7.88. The minimum Gasteiger partial charge on any atom is -0.369 e. The van der Waals surface area contributed by atoms with E-state index in [4.69, 9.17) is 11.0 Å². The zero-order chi connectivity index (χ0) is 24.5. The van der Waals surface area contributed by atoms with Crippen molar-refractivity contribution in [2.75, 3.05) is 18.8 Å². The lowest BCUT2D eigenvalue weighted by atomic mass is 9.96. The highest BCUT2D eigenvalue weighted by molar-refractivity contribution is 7.92.